The summed E-state index contributed by atoms with van der Waals surface area (Å²) in [5.74, 6) is 0.157. The molecule has 0 bridgehead atoms. The fraction of sp³-hybridized carbons (Fsp3) is 0.0952. The van der Waals surface area contributed by atoms with Crippen molar-refractivity contribution < 1.29 is 9.90 Å². The van der Waals surface area contributed by atoms with Crippen LogP contribution in [0.2, 0.25) is 0 Å². The van der Waals surface area contributed by atoms with Crippen LogP contribution >= 0.6 is 0 Å². The first-order chi connectivity index (χ1) is 13.7. The molecule has 0 saturated heterocycles. The van der Waals surface area contributed by atoms with Crippen LogP contribution in [0.3, 0.4) is 0 Å². The Hall–Kier alpha value is -3.71. The number of carbonyl (C=O) groups excluding carboxylic acids is 1. The summed E-state index contributed by atoms with van der Waals surface area (Å²) in [5.41, 5.74) is 10.0. The van der Waals surface area contributed by atoms with Gasteiger partial charge in [-0.1, -0.05) is 36.4 Å². The van der Waals surface area contributed by atoms with Crippen molar-refractivity contribution in [1.29, 1.82) is 0 Å². The number of aromatic nitrogens is 3. The third-order valence-electron chi connectivity index (χ3n) is 4.48. The van der Waals surface area contributed by atoms with E-state index < -0.39 is 0 Å². The summed E-state index contributed by atoms with van der Waals surface area (Å²) in [4.78, 5) is 20.8. The van der Waals surface area contributed by atoms with Gasteiger partial charge in [-0.3, -0.25) is 4.79 Å². The molecule has 140 valence electrons. The number of amides is 1. The lowest BCUT2D eigenvalue weighted by molar-refractivity contribution is 0.0944. The normalized spacial score (nSPS) is 10.9. The van der Waals surface area contributed by atoms with E-state index in [4.69, 9.17) is 10.8 Å². The van der Waals surface area contributed by atoms with Gasteiger partial charge in [0.15, 0.2) is 5.65 Å². The standard InChI is InChI=1S/C21H19N5O2/c22-19-18-17(14-5-2-1-3-6-14)12-26(20(18)25-13-24-19)16-8-4-7-15(11-16)21(28)23-9-10-27/h1-8,11-13,27H,9-10H2,(H,23,28)(H2,22,24,25). The van der Waals surface area contributed by atoms with Gasteiger partial charge in [0.1, 0.15) is 12.1 Å². The zero-order valence-electron chi connectivity index (χ0n) is 15.0. The van der Waals surface area contributed by atoms with Gasteiger partial charge in [0, 0.05) is 29.6 Å². The molecule has 4 N–H and O–H groups in total. The summed E-state index contributed by atoms with van der Waals surface area (Å²) in [6, 6.07) is 17.1. The molecule has 28 heavy (non-hydrogen) atoms. The number of aliphatic hydroxyl groups excluding tert-OH is 1. The summed E-state index contributed by atoms with van der Waals surface area (Å²) in [5, 5.41) is 12.3. The van der Waals surface area contributed by atoms with E-state index >= 15 is 0 Å². The molecule has 0 aliphatic carbocycles. The summed E-state index contributed by atoms with van der Waals surface area (Å²) in [7, 11) is 0. The summed E-state index contributed by atoms with van der Waals surface area (Å²) >= 11 is 0. The van der Waals surface area contributed by atoms with Gasteiger partial charge in [0.25, 0.3) is 5.91 Å². The van der Waals surface area contributed by atoms with Crippen LogP contribution in [0.15, 0.2) is 67.1 Å². The van der Waals surface area contributed by atoms with E-state index in [-0.39, 0.29) is 19.1 Å². The molecule has 0 saturated carbocycles. The van der Waals surface area contributed by atoms with Crippen LogP contribution < -0.4 is 11.1 Å². The minimum absolute atomic E-state index is 0.107. The molecule has 0 aliphatic heterocycles. The lowest BCUT2D eigenvalue weighted by Gasteiger charge is -2.08. The fourth-order valence-electron chi connectivity index (χ4n) is 3.19. The van der Waals surface area contributed by atoms with Crippen molar-refractivity contribution in [2.75, 3.05) is 18.9 Å². The molecule has 7 heteroatoms. The van der Waals surface area contributed by atoms with Gasteiger partial charge in [-0.15, -0.1) is 0 Å². The minimum Gasteiger partial charge on any atom is -0.395 e. The predicted molar refractivity (Wildman–Crippen MR) is 108 cm³/mol. The van der Waals surface area contributed by atoms with Crippen LogP contribution in [0.1, 0.15) is 10.4 Å². The average molecular weight is 373 g/mol. The highest BCUT2D eigenvalue weighted by Crippen LogP contribution is 2.34. The third-order valence-corrected chi connectivity index (χ3v) is 4.48. The first-order valence-electron chi connectivity index (χ1n) is 8.85. The van der Waals surface area contributed by atoms with Crippen LogP contribution in [0, 0.1) is 0 Å². The van der Waals surface area contributed by atoms with Gasteiger partial charge in [-0.2, -0.15) is 0 Å². The number of nitrogen functional groups attached to an aromatic ring is 1. The van der Waals surface area contributed by atoms with E-state index in [0.29, 0.717) is 17.0 Å². The molecule has 2 aromatic heterocycles. The molecule has 0 atom stereocenters. The summed E-state index contributed by atoms with van der Waals surface area (Å²) < 4.78 is 1.90. The second kappa shape index (κ2) is 7.50. The summed E-state index contributed by atoms with van der Waals surface area (Å²) in [6.07, 6.45) is 3.39. The number of nitrogens with zero attached hydrogens (tertiary/aromatic N) is 3. The van der Waals surface area contributed by atoms with Gasteiger partial charge in [-0.25, -0.2) is 9.97 Å². The molecule has 4 rings (SSSR count). The highest BCUT2D eigenvalue weighted by atomic mass is 16.3. The number of fused-ring (bicyclic) bond motifs is 1. The zero-order valence-corrected chi connectivity index (χ0v) is 15.0. The highest BCUT2D eigenvalue weighted by Gasteiger charge is 2.16. The van der Waals surface area contributed by atoms with Crippen molar-refractivity contribution in [3.05, 3.63) is 72.7 Å². The second-order valence-corrected chi connectivity index (χ2v) is 6.27. The average Bonchev–Trinajstić information content (AvgIpc) is 3.14. The number of nitrogens with two attached hydrogens (primary N) is 1. The van der Waals surface area contributed by atoms with Gasteiger partial charge < -0.3 is 20.7 Å². The lowest BCUT2D eigenvalue weighted by atomic mass is 10.1. The van der Waals surface area contributed by atoms with E-state index in [1.54, 1.807) is 12.1 Å². The number of hydrogen-bond donors (Lipinski definition) is 3. The Kier molecular flexibility index (Phi) is 4.74. The molecule has 2 aromatic carbocycles. The molecule has 4 aromatic rings. The van der Waals surface area contributed by atoms with E-state index in [2.05, 4.69) is 15.3 Å². The minimum atomic E-state index is -0.246. The molecule has 2 heterocycles. The number of aliphatic hydroxyl groups is 1. The molecule has 0 aliphatic rings. The van der Waals surface area contributed by atoms with Crippen molar-refractivity contribution in [1.82, 2.24) is 19.9 Å². The first-order valence-corrected chi connectivity index (χ1v) is 8.85. The van der Waals surface area contributed by atoms with Gasteiger partial charge in [-0.05, 0) is 23.8 Å². The number of nitrogens with one attached hydrogen (secondary N) is 1. The monoisotopic (exact) mass is 373 g/mol. The predicted octanol–water partition coefficient (Wildman–Crippen LogP) is 2.39. The Labute approximate surface area is 161 Å². The lowest BCUT2D eigenvalue weighted by Crippen LogP contribution is -2.26. The largest absolute Gasteiger partial charge is 0.395 e. The van der Waals surface area contributed by atoms with Crippen LogP contribution in [0.5, 0.6) is 0 Å². The zero-order chi connectivity index (χ0) is 19.5. The molecule has 0 spiro atoms. The van der Waals surface area contributed by atoms with E-state index in [0.717, 1.165) is 22.2 Å². The highest BCUT2D eigenvalue weighted by molar-refractivity contribution is 6.01. The Balaban J connectivity index is 1.87. The van der Waals surface area contributed by atoms with Crippen LogP contribution in [-0.2, 0) is 0 Å². The number of benzene rings is 2. The van der Waals surface area contributed by atoms with Crippen LogP contribution in [-0.4, -0.2) is 38.7 Å². The number of anilines is 1. The van der Waals surface area contributed by atoms with Gasteiger partial charge in [0.05, 0.1) is 12.0 Å². The SMILES string of the molecule is Nc1ncnc2c1c(-c1ccccc1)cn2-c1cccc(C(=O)NCCO)c1. The van der Waals surface area contributed by atoms with Gasteiger partial charge in [0.2, 0.25) is 0 Å². The number of carbonyl (C=O) groups is 1. The molecular formula is C21H19N5O2. The van der Waals surface area contributed by atoms with Gasteiger partial charge >= 0.3 is 0 Å². The fourth-order valence-corrected chi connectivity index (χ4v) is 3.19. The molecule has 0 fully saturated rings. The molecule has 0 radical (unpaired) electrons. The quantitative estimate of drug-likeness (QED) is 0.498. The first kappa shape index (κ1) is 17.7. The Morgan fingerprint density at radius 3 is 2.71 bits per heavy atom. The van der Waals surface area contributed by atoms with Crippen LogP contribution in [0.4, 0.5) is 5.82 Å². The number of rotatable bonds is 5. The Morgan fingerprint density at radius 1 is 1.11 bits per heavy atom. The van der Waals surface area contributed by atoms with Crippen LogP contribution in [0.25, 0.3) is 27.8 Å². The maximum absolute atomic E-state index is 12.3. The van der Waals surface area contributed by atoms with Crippen molar-refractivity contribution in [2.24, 2.45) is 0 Å². The third kappa shape index (κ3) is 3.19. The smallest absolute Gasteiger partial charge is 0.251 e. The molecule has 7 nitrogen and oxygen atoms in total. The van der Waals surface area contributed by atoms with Crippen molar-refractivity contribution in [3.63, 3.8) is 0 Å². The van der Waals surface area contributed by atoms with E-state index in [1.165, 1.54) is 6.33 Å². The Bertz CT molecular complexity index is 1140. The van der Waals surface area contributed by atoms with Crippen molar-refractivity contribution in [3.8, 4) is 16.8 Å². The van der Waals surface area contributed by atoms with E-state index in [1.807, 2.05) is 53.2 Å². The molecule has 1 amide bonds. The van der Waals surface area contributed by atoms with E-state index in [9.17, 15) is 4.79 Å². The Morgan fingerprint density at radius 2 is 1.93 bits per heavy atom. The molecular weight excluding hydrogens is 354 g/mol. The summed E-state index contributed by atoms with van der Waals surface area (Å²) in [6.45, 7) is 0.0989. The maximum atomic E-state index is 12.3. The van der Waals surface area contributed by atoms with Crippen molar-refractivity contribution >= 4 is 22.8 Å². The topological polar surface area (TPSA) is 106 Å². The number of hydrogen-bond acceptors (Lipinski definition) is 5. The molecule has 0 unspecified atom stereocenters. The van der Waals surface area contributed by atoms with Crippen molar-refractivity contribution in [2.45, 2.75) is 0 Å². The second-order valence-electron chi connectivity index (χ2n) is 6.27. The maximum Gasteiger partial charge on any atom is 0.251 e.